The molecule has 0 unspecified atom stereocenters. The Bertz CT molecular complexity index is 2750. The molecule has 3 heteroatoms. The van der Waals surface area contributed by atoms with Crippen molar-refractivity contribution in [2.24, 2.45) is 0 Å². The van der Waals surface area contributed by atoms with Crippen LogP contribution >= 0.6 is 0 Å². The van der Waals surface area contributed by atoms with Gasteiger partial charge in [0.05, 0.1) is 11.4 Å². The van der Waals surface area contributed by atoms with Gasteiger partial charge in [-0.2, -0.15) is 0 Å². The summed E-state index contributed by atoms with van der Waals surface area (Å²) in [6.07, 6.45) is 0. The van der Waals surface area contributed by atoms with Gasteiger partial charge in [-0.1, -0.05) is 135 Å². The zero-order valence-corrected chi connectivity index (χ0v) is 26.7. The number of aromatic nitrogens is 2. The van der Waals surface area contributed by atoms with Gasteiger partial charge in [0.15, 0.2) is 5.82 Å². The SMILES string of the molecule is CC1(C)c2ccccc2-c2ccc(-c3cc(-c4ccccc4)nc(-c4cc5oc6ccccc6c5c5c4ccc4ccccc45)n3)cc21. The minimum Gasteiger partial charge on any atom is -0.456 e. The van der Waals surface area contributed by atoms with Crippen LogP contribution in [0.2, 0.25) is 0 Å². The Morgan fingerprint density at radius 3 is 2.04 bits per heavy atom. The first kappa shape index (κ1) is 27.1. The molecular weight excluding hydrogens is 585 g/mol. The molecule has 7 aromatic carbocycles. The molecule has 0 N–H and O–H groups in total. The number of benzene rings is 7. The molecule has 2 heterocycles. The van der Waals surface area contributed by atoms with E-state index < -0.39 is 0 Å². The van der Waals surface area contributed by atoms with E-state index in [1.807, 2.05) is 18.2 Å². The second kappa shape index (κ2) is 9.97. The van der Waals surface area contributed by atoms with Crippen LogP contribution in [0.1, 0.15) is 25.0 Å². The maximum atomic E-state index is 6.55. The maximum Gasteiger partial charge on any atom is 0.161 e. The third kappa shape index (κ3) is 3.88. The summed E-state index contributed by atoms with van der Waals surface area (Å²) < 4.78 is 6.55. The highest BCUT2D eigenvalue weighted by molar-refractivity contribution is 6.29. The van der Waals surface area contributed by atoms with Crippen molar-refractivity contribution in [3.8, 4) is 45.0 Å². The van der Waals surface area contributed by atoms with Crippen molar-refractivity contribution < 1.29 is 4.42 Å². The van der Waals surface area contributed by atoms with Gasteiger partial charge in [-0.05, 0) is 62.7 Å². The predicted molar refractivity (Wildman–Crippen MR) is 198 cm³/mol. The number of rotatable bonds is 3. The van der Waals surface area contributed by atoms with E-state index in [2.05, 4.69) is 141 Å². The summed E-state index contributed by atoms with van der Waals surface area (Å²) >= 11 is 0. The van der Waals surface area contributed by atoms with Crippen LogP contribution in [0.15, 0.2) is 150 Å². The minimum absolute atomic E-state index is 0.107. The fourth-order valence-corrected chi connectivity index (χ4v) is 7.92. The molecular formula is C45H30N2O. The van der Waals surface area contributed by atoms with E-state index in [1.54, 1.807) is 0 Å². The van der Waals surface area contributed by atoms with Crippen molar-refractivity contribution in [1.82, 2.24) is 9.97 Å². The van der Waals surface area contributed by atoms with E-state index in [-0.39, 0.29) is 5.41 Å². The number of fused-ring (bicyclic) bond motifs is 10. The van der Waals surface area contributed by atoms with Gasteiger partial charge in [-0.3, -0.25) is 0 Å². The monoisotopic (exact) mass is 614 g/mol. The fraction of sp³-hybridized carbons (Fsp3) is 0.0667. The molecule has 48 heavy (non-hydrogen) atoms. The molecule has 2 aromatic heterocycles. The summed E-state index contributed by atoms with van der Waals surface area (Å²) in [5, 5.41) is 6.89. The second-order valence-electron chi connectivity index (χ2n) is 13.4. The van der Waals surface area contributed by atoms with Crippen molar-refractivity contribution in [3.63, 3.8) is 0 Å². The molecule has 1 aliphatic rings. The van der Waals surface area contributed by atoms with Gasteiger partial charge in [0.1, 0.15) is 11.2 Å². The molecule has 0 spiro atoms. The number of hydrogen-bond acceptors (Lipinski definition) is 3. The second-order valence-corrected chi connectivity index (χ2v) is 13.4. The molecule has 9 aromatic rings. The van der Waals surface area contributed by atoms with Gasteiger partial charge in [0, 0.05) is 38.3 Å². The average molecular weight is 615 g/mol. The predicted octanol–water partition coefficient (Wildman–Crippen LogP) is 12.0. The van der Waals surface area contributed by atoms with Crippen molar-refractivity contribution >= 4 is 43.5 Å². The van der Waals surface area contributed by atoms with Gasteiger partial charge in [0.25, 0.3) is 0 Å². The number of para-hydroxylation sites is 1. The first-order valence-electron chi connectivity index (χ1n) is 16.5. The Morgan fingerprint density at radius 2 is 1.17 bits per heavy atom. The first-order valence-corrected chi connectivity index (χ1v) is 16.5. The summed E-state index contributed by atoms with van der Waals surface area (Å²) in [5.74, 6) is 0.678. The largest absolute Gasteiger partial charge is 0.456 e. The lowest BCUT2D eigenvalue weighted by molar-refractivity contribution is 0.660. The average Bonchev–Trinajstić information content (AvgIpc) is 3.63. The van der Waals surface area contributed by atoms with Gasteiger partial charge >= 0.3 is 0 Å². The lowest BCUT2D eigenvalue weighted by Gasteiger charge is -2.22. The zero-order valence-electron chi connectivity index (χ0n) is 26.7. The molecule has 0 atom stereocenters. The topological polar surface area (TPSA) is 38.9 Å². The summed E-state index contributed by atoms with van der Waals surface area (Å²) in [7, 11) is 0. The quantitative estimate of drug-likeness (QED) is 0.186. The molecule has 0 fully saturated rings. The van der Waals surface area contributed by atoms with Gasteiger partial charge in [-0.25, -0.2) is 9.97 Å². The van der Waals surface area contributed by atoms with E-state index in [1.165, 1.54) is 33.0 Å². The fourth-order valence-electron chi connectivity index (χ4n) is 7.92. The van der Waals surface area contributed by atoms with E-state index in [0.29, 0.717) is 5.82 Å². The summed E-state index contributed by atoms with van der Waals surface area (Å²) in [6, 6.07) is 51.6. The Hall–Kier alpha value is -6.06. The van der Waals surface area contributed by atoms with E-state index in [4.69, 9.17) is 14.4 Å². The summed E-state index contributed by atoms with van der Waals surface area (Å²) in [4.78, 5) is 10.6. The molecule has 226 valence electrons. The number of furan rings is 1. The van der Waals surface area contributed by atoms with Crippen LogP contribution in [-0.4, -0.2) is 9.97 Å². The third-order valence-electron chi connectivity index (χ3n) is 10.3. The molecule has 3 nitrogen and oxygen atoms in total. The molecule has 10 rings (SSSR count). The van der Waals surface area contributed by atoms with Crippen LogP contribution in [0, 0.1) is 0 Å². The van der Waals surface area contributed by atoms with Gasteiger partial charge in [0.2, 0.25) is 0 Å². The third-order valence-corrected chi connectivity index (χ3v) is 10.3. The first-order chi connectivity index (χ1) is 23.5. The van der Waals surface area contributed by atoms with E-state index >= 15 is 0 Å². The van der Waals surface area contributed by atoms with Crippen LogP contribution in [-0.2, 0) is 5.41 Å². The van der Waals surface area contributed by atoms with Crippen LogP contribution in [0.25, 0.3) is 88.5 Å². The maximum absolute atomic E-state index is 6.55. The van der Waals surface area contributed by atoms with Crippen molar-refractivity contribution in [3.05, 3.63) is 157 Å². The Labute approximate surface area is 278 Å². The lowest BCUT2D eigenvalue weighted by Crippen LogP contribution is -2.14. The van der Waals surface area contributed by atoms with Gasteiger partial charge < -0.3 is 4.42 Å². The standard InChI is InChI=1S/C45H30N2O/c1-45(2)36-18-10-8-16-31(36)32-22-21-29(24-37(32)45)39-26-38(28-13-4-3-5-14-28)46-44(47-39)35-25-41-43(34-17-9-11-19-40(34)48-41)42-30-15-7-6-12-27(30)20-23-33(35)42/h3-26H,1-2H3. The van der Waals surface area contributed by atoms with Crippen molar-refractivity contribution in [2.75, 3.05) is 0 Å². The highest BCUT2D eigenvalue weighted by Gasteiger charge is 2.35. The Kier molecular flexibility index (Phi) is 5.63. The Balaban J connectivity index is 1.27. The molecule has 0 radical (unpaired) electrons. The van der Waals surface area contributed by atoms with Crippen LogP contribution in [0.5, 0.6) is 0 Å². The highest BCUT2D eigenvalue weighted by Crippen LogP contribution is 2.50. The normalized spacial score (nSPS) is 13.4. The molecule has 0 saturated heterocycles. The number of nitrogens with zero attached hydrogens (tertiary/aromatic N) is 2. The minimum atomic E-state index is -0.107. The molecule has 1 aliphatic carbocycles. The zero-order chi connectivity index (χ0) is 32.0. The summed E-state index contributed by atoms with van der Waals surface area (Å²) in [5.41, 5.74) is 11.8. The molecule has 0 bridgehead atoms. The van der Waals surface area contributed by atoms with E-state index in [9.17, 15) is 0 Å². The van der Waals surface area contributed by atoms with E-state index in [0.717, 1.165) is 60.8 Å². The highest BCUT2D eigenvalue weighted by atomic mass is 16.3. The van der Waals surface area contributed by atoms with Crippen LogP contribution in [0.3, 0.4) is 0 Å². The van der Waals surface area contributed by atoms with Crippen molar-refractivity contribution in [1.29, 1.82) is 0 Å². The Morgan fingerprint density at radius 1 is 0.458 bits per heavy atom. The molecule has 0 amide bonds. The van der Waals surface area contributed by atoms with Crippen LogP contribution in [0.4, 0.5) is 0 Å². The smallest absolute Gasteiger partial charge is 0.161 e. The lowest BCUT2D eigenvalue weighted by atomic mass is 9.82. The molecule has 0 aliphatic heterocycles. The van der Waals surface area contributed by atoms with Gasteiger partial charge in [-0.15, -0.1) is 0 Å². The van der Waals surface area contributed by atoms with Crippen LogP contribution < -0.4 is 0 Å². The molecule has 0 saturated carbocycles. The summed E-state index contributed by atoms with van der Waals surface area (Å²) in [6.45, 7) is 4.64. The number of hydrogen-bond donors (Lipinski definition) is 0. The van der Waals surface area contributed by atoms with Crippen molar-refractivity contribution in [2.45, 2.75) is 19.3 Å².